The Balaban J connectivity index is 0.00000220. The average Bonchev–Trinajstić information content (AvgIpc) is 2.38. The van der Waals surface area contributed by atoms with Gasteiger partial charge in [0.05, 0.1) is 11.1 Å². The molecular weight excluding hydrogens is 331 g/mol. The molecule has 0 heterocycles. The molecule has 118 valence electrons. The van der Waals surface area contributed by atoms with Crippen molar-refractivity contribution in [1.29, 1.82) is 0 Å². The van der Waals surface area contributed by atoms with Gasteiger partial charge in [-0.15, -0.1) is 24.8 Å². The summed E-state index contributed by atoms with van der Waals surface area (Å²) in [6, 6.07) is 8.58. The van der Waals surface area contributed by atoms with E-state index in [1.807, 2.05) is 0 Å². The van der Waals surface area contributed by atoms with E-state index in [0.29, 0.717) is 11.4 Å². The third-order valence-corrected chi connectivity index (χ3v) is 2.84. The standard InChI is InChI=1S/C14H12N2O4.2ClH/c15-7-1-3-9(11(5-7)13(17)18)10-4-2-8(16)6-12(10)14(19)20;;/h1-6H,15-16H2,(H,17,18)(H,19,20);2*1H. The van der Waals surface area contributed by atoms with Gasteiger partial charge < -0.3 is 21.7 Å². The Labute approximate surface area is 138 Å². The highest BCUT2D eigenvalue weighted by molar-refractivity contribution is 6.03. The first kappa shape index (κ1) is 19.6. The summed E-state index contributed by atoms with van der Waals surface area (Å²) in [4.78, 5) is 22.5. The minimum Gasteiger partial charge on any atom is -0.478 e. The molecule has 0 spiro atoms. The van der Waals surface area contributed by atoms with E-state index in [9.17, 15) is 19.8 Å². The zero-order valence-electron chi connectivity index (χ0n) is 11.1. The molecule has 0 aliphatic carbocycles. The third kappa shape index (κ3) is 3.81. The van der Waals surface area contributed by atoms with Crippen LogP contribution in [0.5, 0.6) is 0 Å². The van der Waals surface area contributed by atoms with Crippen molar-refractivity contribution in [3.05, 3.63) is 47.5 Å². The number of halogens is 2. The van der Waals surface area contributed by atoms with Gasteiger partial charge in [0.1, 0.15) is 0 Å². The molecule has 0 aromatic heterocycles. The SMILES string of the molecule is Cl.Cl.Nc1ccc(-c2ccc(N)cc2C(=O)O)c(C(=O)O)c1. The second-order valence-corrected chi connectivity index (χ2v) is 4.22. The van der Waals surface area contributed by atoms with E-state index in [1.54, 1.807) is 0 Å². The van der Waals surface area contributed by atoms with Gasteiger partial charge in [0.2, 0.25) is 0 Å². The molecule has 6 nitrogen and oxygen atoms in total. The third-order valence-electron chi connectivity index (χ3n) is 2.84. The summed E-state index contributed by atoms with van der Waals surface area (Å²) >= 11 is 0. The van der Waals surface area contributed by atoms with Crippen LogP contribution in [0.4, 0.5) is 11.4 Å². The van der Waals surface area contributed by atoms with Crippen LogP contribution < -0.4 is 11.5 Å². The Morgan fingerprint density at radius 3 is 1.32 bits per heavy atom. The van der Waals surface area contributed by atoms with Crippen LogP contribution in [0.15, 0.2) is 36.4 Å². The zero-order valence-corrected chi connectivity index (χ0v) is 12.8. The van der Waals surface area contributed by atoms with Gasteiger partial charge in [-0.05, 0) is 35.4 Å². The fraction of sp³-hybridized carbons (Fsp3) is 0. The molecule has 0 aliphatic rings. The normalized spacial score (nSPS) is 9.27. The molecular formula is C14H14Cl2N2O4. The van der Waals surface area contributed by atoms with E-state index in [-0.39, 0.29) is 47.1 Å². The summed E-state index contributed by atoms with van der Waals surface area (Å²) in [5.74, 6) is -2.36. The van der Waals surface area contributed by atoms with Crippen LogP contribution in [0.1, 0.15) is 20.7 Å². The fourth-order valence-electron chi connectivity index (χ4n) is 1.95. The number of aromatic carboxylic acids is 2. The summed E-state index contributed by atoms with van der Waals surface area (Å²) in [7, 11) is 0. The summed E-state index contributed by atoms with van der Waals surface area (Å²) < 4.78 is 0. The highest BCUT2D eigenvalue weighted by Crippen LogP contribution is 2.30. The van der Waals surface area contributed by atoms with Gasteiger partial charge in [-0.25, -0.2) is 9.59 Å². The van der Waals surface area contributed by atoms with Crippen molar-refractivity contribution in [3.8, 4) is 11.1 Å². The van der Waals surface area contributed by atoms with Crippen molar-refractivity contribution in [1.82, 2.24) is 0 Å². The second-order valence-electron chi connectivity index (χ2n) is 4.22. The molecule has 0 bridgehead atoms. The van der Waals surface area contributed by atoms with Crippen molar-refractivity contribution in [3.63, 3.8) is 0 Å². The van der Waals surface area contributed by atoms with Crippen molar-refractivity contribution in [2.45, 2.75) is 0 Å². The lowest BCUT2D eigenvalue weighted by Crippen LogP contribution is -2.05. The molecule has 0 saturated heterocycles. The van der Waals surface area contributed by atoms with E-state index in [1.165, 1.54) is 36.4 Å². The smallest absolute Gasteiger partial charge is 0.336 e. The zero-order chi connectivity index (χ0) is 14.9. The molecule has 0 fully saturated rings. The number of carboxylic acids is 2. The molecule has 0 saturated carbocycles. The lowest BCUT2D eigenvalue weighted by molar-refractivity contribution is 0.0684. The molecule has 0 atom stereocenters. The number of anilines is 2. The number of rotatable bonds is 3. The minimum absolute atomic E-state index is 0. The van der Waals surface area contributed by atoms with Crippen LogP contribution in [-0.2, 0) is 0 Å². The quantitative estimate of drug-likeness (QED) is 0.634. The number of benzene rings is 2. The Hall–Kier alpha value is -2.44. The Kier molecular flexibility index (Phi) is 6.70. The molecule has 0 unspecified atom stereocenters. The molecule has 0 radical (unpaired) electrons. The highest BCUT2D eigenvalue weighted by atomic mass is 35.5. The topological polar surface area (TPSA) is 127 Å². The maximum atomic E-state index is 11.3. The van der Waals surface area contributed by atoms with Gasteiger partial charge in [0.15, 0.2) is 0 Å². The predicted molar refractivity (Wildman–Crippen MR) is 89.1 cm³/mol. The van der Waals surface area contributed by atoms with E-state index in [0.717, 1.165) is 0 Å². The fourth-order valence-corrected chi connectivity index (χ4v) is 1.95. The molecule has 2 aromatic rings. The van der Waals surface area contributed by atoms with Crippen LogP contribution in [0.3, 0.4) is 0 Å². The van der Waals surface area contributed by atoms with E-state index in [4.69, 9.17) is 11.5 Å². The van der Waals surface area contributed by atoms with Crippen LogP contribution in [0, 0.1) is 0 Å². The number of hydrogen-bond acceptors (Lipinski definition) is 4. The number of nitrogens with two attached hydrogens (primary N) is 2. The first-order valence-corrected chi connectivity index (χ1v) is 5.66. The Bertz CT molecular complexity index is 658. The highest BCUT2D eigenvalue weighted by Gasteiger charge is 2.18. The summed E-state index contributed by atoms with van der Waals surface area (Å²) in [5, 5.41) is 18.4. The lowest BCUT2D eigenvalue weighted by Gasteiger charge is -2.11. The average molecular weight is 345 g/mol. The monoisotopic (exact) mass is 344 g/mol. The van der Waals surface area contributed by atoms with Gasteiger partial charge >= 0.3 is 11.9 Å². The summed E-state index contributed by atoms with van der Waals surface area (Å²) in [5.41, 5.74) is 12.2. The number of carbonyl (C=O) groups is 2. The Morgan fingerprint density at radius 1 is 0.727 bits per heavy atom. The maximum absolute atomic E-state index is 11.3. The minimum atomic E-state index is -1.18. The second kappa shape index (κ2) is 7.53. The van der Waals surface area contributed by atoms with Gasteiger partial charge in [0.25, 0.3) is 0 Å². The van der Waals surface area contributed by atoms with Gasteiger partial charge in [0, 0.05) is 11.4 Å². The van der Waals surface area contributed by atoms with Crippen LogP contribution in [-0.4, -0.2) is 22.2 Å². The van der Waals surface area contributed by atoms with Crippen LogP contribution >= 0.6 is 24.8 Å². The summed E-state index contributed by atoms with van der Waals surface area (Å²) in [6.07, 6.45) is 0. The first-order valence-electron chi connectivity index (χ1n) is 5.66. The molecule has 0 amide bonds. The Morgan fingerprint density at radius 2 is 1.05 bits per heavy atom. The number of carboxylic acid groups (broad SMARTS) is 2. The van der Waals surface area contributed by atoms with Crippen molar-refractivity contribution >= 4 is 48.1 Å². The summed E-state index contributed by atoms with van der Waals surface area (Å²) in [6.45, 7) is 0. The first-order chi connectivity index (χ1) is 9.40. The van der Waals surface area contributed by atoms with E-state index in [2.05, 4.69) is 0 Å². The lowest BCUT2D eigenvalue weighted by atomic mass is 9.94. The van der Waals surface area contributed by atoms with E-state index < -0.39 is 11.9 Å². The van der Waals surface area contributed by atoms with Crippen LogP contribution in [0.25, 0.3) is 11.1 Å². The maximum Gasteiger partial charge on any atom is 0.336 e. The molecule has 22 heavy (non-hydrogen) atoms. The molecule has 2 aromatic carbocycles. The molecule has 8 heteroatoms. The molecule has 2 rings (SSSR count). The van der Waals surface area contributed by atoms with Gasteiger partial charge in [-0.3, -0.25) is 0 Å². The van der Waals surface area contributed by atoms with Crippen molar-refractivity contribution in [2.75, 3.05) is 11.5 Å². The van der Waals surface area contributed by atoms with Crippen LogP contribution in [0.2, 0.25) is 0 Å². The van der Waals surface area contributed by atoms with Crippen molar-refractivity contribution in [2.24, 2.45) is 0 Å². The molecule has 6 N–H and O–H groups in total. The van der Waals surface area contributed by atoms with E-state index >= 15 is 0 Å². The van der Waals surface area contributed by atoms with Gasteiger partial charge in [-0.1, -0.05) is 12.1 Å². The number of nitrogen functional groups attached to an aromatic ring is 2. The van der Waals surface area contributed by atoms with Gasteiger partial charge in [-0.2, -0.15) is 0 Å². The van der Waals surface area contributed by atoms with Crippen molar-refractivity contribution < 1.29 is 19.8 Å². The predicted octanol–water partition coefficient (Wildman–Crippen LogP) is 2.76. The largest absolute Gasteiger partial charge is 0.478 e. The number of hydrogen-bond donors (Lipinski definition) is 4. The molecule has 0 aliphatic heterocycles.